The lowest BCUT2D eigenvalue weighted by molar-refractivity contribution is 0.232. The van der Waals surface area contributed by atoms with E-state index in [0.717, 1.165) is 11.6 Å². The highest BCUT2D eigenvalue weighted by atomic mass is 15.2. The Balaban J connectivity index is 1.68. The molecule has 3 rings (SSSR count). The van der Waals surface area contributed by atoms with Gasteiger partial charge in [0.15, 0.2) is 0 Å². The van der Waals surface area contributed by atoms with Crippen molar-refractivity contribution in [1.29, 1.82) is 0 Å². The van der Waals surface area contributed by atoms with Crippen molar-refractivity contribution in [3.05, 3.63) is 11.9 Å². The molecule has 0 unspecified atom stereocenters. The maximum atomic E-state index is 4.74. The standard InChI is InChI=1S/C17H29N3/c1-13-12-20(15-6-4-5-7-15)16(18-13)19-14-8-10-17(2,3)11-9-14/h12,14-15H,4-11H2,1-3H3,(H,18,19). The Morgan fingerprint density at radius 3 is 2.45 bits per heavy atom. The number of hydrogen-bond donors (Lipinski definition) is 1. The summed E-state index contributed by atoms with van der Waals surface area (Å²) in [6, 6.07) is 1.30. The maximum absolute atomic E-state index is 4.74. The topological polar surface area (TPSA) is 29.9 Å². The zero-order chi connectivity index (χ0) is 14.2. The van der Waals surface area contributed by atoms with Crippen LogP contribution in [0.2, 0.25) is 0 Å². The lowest BCUT2D eigenvalue weighted by Crippen LogP contribution is -2.31. The van der Waals surface area contributed by atoms with Gasteiger partial charge in [-0.15, -0.1) is 0 Å². The minimum absolute atomic E-state index is 0.537. The van der Waals surface area contributed by atoms with Crippen molar-refractivity contribution in [3.8, 4) is 0 Å². The lowest BCUT2D eigenvalue weighted by Gasteiger charge is -2.35. The fourth-order valence-corrected chi connectivity index (χ4v) is 3.81. The van der Waals surface area contributed by atoms with Crippen LogP contribution in [0, 0.1) is 12.3 Å². The molecule has 1 heterocycles. The van der Waals surface area contributed by atoms with E-state index in [1.54, 1.807) is 0 Å². The van der Waals surface area contributed by atoms with E-state index in [0.29, 0.717) is 17.5 Å². The third kappa shape index (κ3) is 3.02. The number of hydrogen-bond acceptors (Lipinski definition) is 2. The van der Waals surface area contributed by atoms with Crippen LogP contribution in [0.4, 0.5) is 5.95 Å². The summed E-state index contributed by atoms with van der Waals surface area (Å²) in [4.78, 5) is 4.74. The average Bonchev–Trinajstić information content (AvgIpc) is 3.01. The molecular formula is C17H29N3. The first-order valence-corrected chi connectivity index (χ1v) is 8.35. The molecule has 3 heteroatoms. The molecule has 2 fully saturated rings. The Morgan fingerprint density at radius 2 is 1.80 bits per heavy atom. The highest BCUT2D eigenvalue weighted by molar-refractivity contribution is 5.31. The van der Waals surface area contributed by atoms with Crippen LogP contribution in [-0.4, -0.2) is 15.6 Å². The molecule has 20 heavy (non-hydrogen) atoms. The molecule has 0 bridgehead atoms. The van der Waals surface area contributed by atoms with E-state index < -0.39 is 0 Å². The number of nitrogens with zero attached hydrogens (tertiary/aromatic N) is 2. The molecule has 1 aromatic rings. The zero-order valence-corrected chi connectivity index (χ0v) is 13.3. The normalized spacial score (nSPS) is 24.1. The van der Waals surface area contributed by atoms with Crippen LogP contribution in [-0.2, 0) is 0 Å². The molecule has 0 aromatic carbocycles. The molecule has 112 valence electrons. The molecule has 2 aliphatic rings. The van der Waals surface area contributed by atoms with Crippen molar-refractivity contribution in [3.63, 3.8) is 0 Å². The van der Waals surface area contributed by atoms with Gasteiger partial charge in [-0.1, -0.05) is 26.7 Å². The first kappa shape index (κ1) is 14.0. The number of nitrogens with one attached hydrogen (secondary N) is 1. The van der Waals surface area contributed by atoms with Crippen LogP contribution >= 0.6 is 0 Å². The van der Waals surface area contributed by atoms with Crippen molar-refractivity contribution in [2.24, 2.45) is 5.41 Å². The fourth-order valence-electron chi connectivity index (χ4n) is 3.81. The summed E-state index contributed by atoms with van der Waals surface area (Å²) in [5, 5.41) is 3.74. The molecule has 0 amide bonds. The van der Waals surface area contributed by atoms with Crippen molar-refractivity contribution >= 4 is 5.95 Å². The van der Waals surface area contributed by atoms with E-state index in [-0.39, 0.29) is 0 Å². The number of imidazole rings is 1. The molecule has 0 aliphatic heterocycles. The summed E-state index contributed by atoms with van der Waals surface area (Å²) >= 11 is 0. The molecule has 2 saturated carbocycles. The lowest BCUT2D eigenvalue weighted by atomic mass is 9.76. The fraction of sp³-hybridized carbons (Fsp3) is 0.824. The Bertz CT molecular complexity index is 445. The molecule has 0 saturated heterocycles. The van der Waals surface area contributed by atoms with E-state index in [9.17, 15) is 0 Å². The Labute approximate surface area is 123 Å². The Hall–Kier alpha value is -0.990. The van der Waals surface area contributed by atoms with Gasteiger partial charge in [-0.3, -0.25) is 0 Å². The summed E-state index contributed by atoms with van der Waals surface area (Å²) in [7, 11) is 0. The summed E-state index contributed by atoms with van der Waals surface area (Å²) in [5.74, 6) is 1.12. The third-order valence-electron chi connectivity index (χ3n) is 5.24. The zero-order valence-electron chi connectivity index (χ0n) is 13.3. The minimum Gasteiger partial charge on any atom is -0.353 e. The van der Waals surface area contributed by atoms with Crippen LogP contribution in [0.3, 0.4) is 0 Å². The van der Waals surface area contributed by atoms with Gasteiger partial charge in [0.1, 0.15) is 0 Å². The van der Waals surface area contributed by atoms with Crippen LogP contribution in [0.1, 0.15) is 76.9 Å². The SMILES string of the molecule is Cc1cn(C2CCCC2)c(NC2CCC(C)(C)CC2)n1. The summed E-state index contributed by atoms with van der Waals surface area (Å²) < 4.78 is 2.42. The molecule has 1 aromatic heterocycles. The molecule has 1 N–H and O–H groups in total. The van der Waals surface area contributed by atoms with Gasteiger partial charge < -0.3 is 9.88 Å². The molecular weight excluding hydrogens is 246 g/mol. The van der Waals surface area contributed by atoms with Gasteiger partial charge in [-0.2, -0.15) is 0 Å². The van der Waals surface area contributed by atoms with Gasteiger partial charge in [0.05, 0.1) is 5.69 Å². The van der Waals surface area contributed by atoms with Gasteiger partial charge in [-0.05, 0) is 50.9 Å². The largest absolute Gasteiger partial charge is 0.353 e. The summed E-state index contributed by atoms with van der Waals surface area (Å²) in [5.41, 5.74) is 1.69. The van der Waals surface area contributed by atoms with Crippen LogP contribution in [0.15, 0.2) is 6.20 Å². The summed E-state index contributed by atoms with van der Waals surface area (Å²) in [6.45, 7) is 6.90. The van der Waals surface area contributed by atoms with E-state index in [4.69, 9.17) is 4.98 Å². The number of aryl methyl sites for hydroxylation is 1. The van der Waals surface area contributed by atoms with Gasteiger partial charge in [0.25, 0.3) is 0 Å². The number of rotatable bonds is 3. The van der Waals surface area contributed by atoms with Crippen molar-refractivity contribution in [2.75, 3.05) is 5.32 Å². The highest BCUT2D eigenvalue weighted by Crippen LogP contribution is 2.37. The second kappa shape index (κ2) is 5.42. The van der Waals surface area contributed by atoms with E-state index >= 15 is 0 Å². The minimum atomic E-state index is 0.537. The van der Waals surface area contributed by atoms with E-state index in [1.807, 2.05) is 0 Å². The number of anilines is 1. The molecule has 0 radical (unpaired) electrons. The van der Waals surface area contributed by atoms with Crippen molar-refractivity contribution < 1.29 is 0 Å². The molecule has 3 nitrogen and oxygen atoms in total. The molecule has 0 atom stereocenters. The summed E-state index contributed by atoms with van der Waals surface area (Å²) in [6.07, 6.45) is 12.8. The molecule has 2 aliphatic carbocycles. The van der Waals surface area contributed by atoms with Crippen molar-refractivity contribution in [1.82, 2.24) is 9.55 Å². The third-order valence-corrected chi connectivity index (χ3v) is 5.24. The highest BCUT2D eigenvalue weighted by Gasteiger charge is 2.28. The van der Waals surface area contributed by atoms with Gasteiger partial charge in [-0.25, -0.2) is 4.98 Å². The monoisotopic (exact) mass is 275 g/mol. The molecule has 0 spiro atoms. The van der Waals surface area contributed by atoms with Crippen LogP contribution in [0.25, 0.3) is 0 Å². The van der Waals surface area contributed by atoms with Gasteiger partial charge >= 0.3 is 0 Å². The smallest absolute Gasteiger partial charge is 0.203 e. The second-order valence-corrected chi connectivity index (χ2v) is 7.63. The van der Waals surface area contributed by atoms with Crippen molar-refractivity contribution in [2.45, 2.75) is 84.2 Å². The quantitative estimate of drug-likeness (QED) is 0.867. The first-order chi connectivity index (χ1) is 9.53. The first-order valence-electron chi connectivity index (χ1n) is 8.35. The number of aromatic nitrogens is 2. The predicted octanol–water partition coefficient (Wildman–Crippen LogP) is 4.69. The van der Waals surface area contributed by atoms with Crippen LogP contribution in [0.5, 0.6) is 0 Å². The second-order valence-electron chi connectivity index (χ2n) is 7.63. The average molecular weight is 275 g/mol. The predicted molar refractivity (Wildman–Crippen MR) is 84.1 cm³/mol. The van der Waals surface area contributed by atoms with Gasteiger partial charge in [0.2, 0.25) is 5.95 Å². The Kier molecular flexibility index (Phi) is 3.78. The maximum Gasteiger partial charge on any atom is 0.203 e. The van der Waals surface area contributed by atoms with E-state index in [2.05, 4.69) is 36.9 Å². The Morgan fingerprint density at radius 1 is 1.15 bits per heavy atom. The van der Waals surface area contributed by atoms with Crippen LogP contribution < -0.4 is 5.32 Å². The van der Waals surface area contributed by atoms with E-state index in [1.165, 1.54) is 51.4 Å². The van der Waals surface area contributed by atoms with Gasteiger partial charge in [0, 0.05) is 18.3 Å².